The number of aliphatic hydroxyl groups excluding tert-OH is 1. The zero-order valence-electron chi connectivity index (χ0n) is 17.4. The highest BCUT2D eigenvalue weighted by Crippen LogP contribution is 2.10. The minimum absolute atomic E-state index is 0.0117. The SMILES string of the molecule is CC1=CC(CN(C)C(=O)c2ccc(CCNCC(O)C3=CC=C(F)NC3)cc2)NN1. The molecule has 8 heteroatoms. The van der Waals surface area contributed by atoms with E-state index in [4.69, 9.17) is 0 Å². The minimum atomic E-state index is -0.652. The van der Waals surface area contributed by atoms with E-state index in [0.29, 0.717) is 31.7 Å². The Labute approximate surface area is 176 Å². The van der Waals surface area contributed by atoms with Crippen molar-refractivity contribution in [3.8, 4) is 0 Å². The van der Waals surface area contributed by atoms with Crippen LogP contribution < -0.4 is 21.5 Å². The Hall–Kier alpha value is -2.68. The number of halogens is 1. The van der Waals surface area contributed by atoms with E-state index >= 15 is 0 Å². The van der Waals surface area contributed by atoms with E-state index < -0.39 is 6.10 Å². The second kappa shape index (κ2) is 10.4. The topological polar surface area (TPSA) is 88.7 Å². The molecule has 1 amide bonds. The molecular weight excluding hydrogens is 385 g/mol. The van der Waals surface area contributed by atoms with Crippen molar-refractivity contribution in [2.75, 3.05) is 33.2 Å². The quantitative estimate of drug-likeness (QED) is 0.305. The Balaban J connectivity index is 1.40. The number of nitrogens with one attached hydrogen (secondary N) is 4. The summed E-state index contributed by atoms with van der Waals surface area (Å²) in [5, 5.41) is 15.9. The van der Waals surface area contributed by atoms with Crippen molar-refractivity contribution < 1.29 is 14.3 Å². The predicted molar refractivity (Wildman–Crippen MR) is 115 cm³/mol. The van der Waals surface area contributed by atoms with Gasteiger partial charge in [0.15, 0.2) is 5.95 Å². The molecule has 0 saturated heterocycles. The number of allylic oxidation sites excluding steroid dienone is 3. The molecule has 2 unspecified atom stereocenters. The number of hydrazine groups is 1. The van der Waals surface area contributed by atoms with Gasteiger partial charge < -0.3 is 26.1 Å². The molecule has 7 nitrogen and oxygen atoms in total. The second-order valence-corrected chi connectivity index (χ2v) is 7.69. The molecule has 2 atom stereocenters. The molecule has 0 aromatic heterocycles. The Morgan fingerprint density at radius 3 is 2.73 bits per heavy atom. The van der Waals surface area contributed by atoms with E-state index in [0.717, 1.165) is 23.3 Å². The van der Waals surface area contributed by atoms with Gasteiger partial charge in [-0.3, -0.25) is 4.79 Å². The van der Waals surface area contributed by atoms with Crippen LogP contribution in [0, 0.1) is 0 Å². The average Bonchev–Trinajstić information content (AvgIpc) is 3.16. The lowest BCUT2D eigenvalue weighted by Gasteiger charge is -2.20. The van der Waals surface area contributed by atoms with Gasteiger partial charge in [0.05, 0.1) is 12.1 Å². The lowest BCUT2D eigenvalue weighted by Crippen LogP contribution is -2.41. The Bertz CT molecular complexity index is 834. The number of benzene rings is 1. The Morgan fingerprint density at radius 2 is 2.10 bits per heavy atom. The van der Waals surface area contributed by atoms with Crippen molar-refractivity contribution >= 4 is 5.91 Å². The maximum atomic E-state index is 12.9. The molecule has 0 fully saturated rings. The van der Waals surface area contributed by atoms with Crippen molar-refractivity contribution in [2.24, 2.45) is 0 Å². The molecule has 162 valence electrons. The summed E-state index contributed by atoms with van der Waals surface area (Å²) in [6, 6.07) is 7.72. The predicted octanol–water partition coefficient (Wildman–Crippen LogP) is 0.972. The van der Waals surface area contributed by atoms with Crippen molar-refractivity contribution in [1.29, 1.82) is 0 Å². The molecule has 1 aromatic rings. The lowest BCUT2D eigenvalue weighted by atomic mass is 10.1. The monoisotopic (exact) mass is 415 g/mol. The molecule has 30 heavy (non-hydrogen) atoms. The summed E-state index contributed by atoms with van der Waals surface area (Å²) < 4.78 is 12.9. The first-order chi connectivity index (χ1) is 14.4. The van der Waals surface area contributed by atoms with Gasteiger partial charge in [-0.15, -0.1) is 0 Å². The van der Waals surface area contributed by atoms with Crippen LogP contribution >= 0.6 is 0 Å². The first-order valence-electron chi connectivity index (χ1n) is 10.2. The van der Waals surface area contributed by atoms with E-state index in [1.54, 1.807) is 18.0 Å². The maximum absolute atomic E-state index is 12.9. The Kier molecular flexibility index (Phi) is 7.62. The highest BCUT2D eigenvalue weighted by molar-refractivity contribution is 5.94. The van der Waals surface area contributed by atoms with Gasteiger partial charge in [0.2, 0.25) is 0 Å². The van der Waals surface area contributed by atoms with Crippen LogP contribution in [-0.4, -0.2) is 61.3 Å². The molecule has 0 spiro atoms. The van der Waals surface area contributed by atoms with Crippen LogP contribution in [0.5, 0.6) is 0 Å². The highest BCUT2D eigenvalue weighted by Gasteiger charge is 2.18. The van der Waals surface area contributed by atoms with E-state index in [-0.39, 0.29) is 17.9 Å². The number of hydrogen-bond donors (Lipinski definition) is 5. The third kappa shape index (κ3) is 6.16. The number of rotatable bonds is 9. The molecule has 0 bridgehead atoms. The summed E-state index contributed by atoms with van der Waals surface area (Å²) in [4.78, 5) is 14.3. The van der Waals surface area contributed by atoms with E-state index in [9.17, 15) is 14.3 Å². The maximum Gasteiger partial charge on any atom is 0.253 e. The van der Waals surface area contributed by atoms with Crippen molar-refractivity contribution in [3.63, 3.8) is 0 Å². The number of amides is 1. The van der Waals surface area contributed by atoms with Gasteiger partial charge >= 0.3 is 0 Å². The average molecular weight is 416 g/mol. The van der Waals surface area contributed by atoms with Gasteiger partial charge in [-0.25, -0.2) is 5.43 Å². The van der Waals surface area contributed by atoms with Crippen LogP contribution in [0.4, 0.5) is 4.39 Å². The molecule has 0 aliphatic carbocycles. The van der Waals surface area contributed by atoms with Crippen LogP contribution in [-0.2, 0) is 6.42 Å². The smallest absolute Gasteiger partial charge is 0.253 e. The van der Waals surface area contributed by atoms with Gasteiger partial charge in [-0.2, -0.15) is 4.39 Å². The zero-order chi connectivity index (χ0) is 21.5. The second-order valence-electron chi connectivity index (χ2n) is 7.69. The summed E-state index contributed by atoms with van der Waals surface area (Å²) in [6.07, 6.45) is 5.13. The van der Waals surface area contributed by atoms with Gasteiger partial charge in [-0.1, -0.05) is 18.2 Å². The Morgan fingerprint density at radius 1 is 1.33 bits per heavy atom. The number of dihydropyridines is 1. The first-order valence-corrected chi connectivity index (χ1v) is 10.2. The van der Waals surface area contributed by atoms with Gasteiger partial charge in [-0.05, 0) is 55.3 Å². The number of aliphatic hydroxyl groups is 1. The molecule has 2 aliphatic heterocycles. The van der Waals surface area contributed by atoms with Crippen LogP contribution in [0.15, 0.2) is 59.7 Å². The number of carbonyl (C=O) groups excluding carboxylic acids is 1. The summed E-state index contributed by atoms with van der Waals surface area (Å²) in [5.41, 5.74) is 9.75. The van der Waals surface area contributed by atoms with Gasteiger partial charge in [0.1, 0.15) is 0 Å². The minimum Gasteiger partial charge on any atom is -0.387 e. The number of hydrogen-bond acceptors (Lipinski definition) is 6. The van der Waals surface area contributed by atoms with Crippen LogP contribution in [0.3, 0.4) is 0 Å². The van der Waals surface area contributed by atoms with Crippen molar-refractivity contribution in [2.45, 2.75) is 25.5 Å². The molecule has 2 aliphatic rings. The zero-order valence-corrected chi connectivity index (χ0v) is 17.4. The fourth-order valence-electron chi connectivity index (χ4n) is 3.42. The standard InChI is InChI=1S/C22H30FN5O2/c1-15-11-19(27-26-15)14-28(2)22(30)17-5-3-16(4-6-17)9-10-24-13-20(29)18-7-8-21(23)25-12-18/h3-8,11,19-20,24-27,29H,9-10,12-14H2,1-2H3. The summed E-state index contributed by atoms with van der Waals surface area (Å²) in [5.74, 6) is -0.395. The molecule has 0 saturated carbocycles. The number of nitrogens with zero attached hydrogens (tertiary/aromatic N) is 1. The lowest BCUT2D eigenvalue weighted by molar-refractivity contribution is 0.0787. The highest BCUT2D eigenvalue weighted by atomic mass is 19.1. The van der Waals surface area contributed by atoms with E-state index in [1.165, 1.54) is 6.08 Å². The molecule has 1 aromatic carbocycles. The number of carbonyl (C=O) groups is 1. The summed E-state index contributed by atoms with van der Waals surface area (Å²) >= 11 is 0. The van der Waals surface area contributed by atoms with Crippen LogP contribution in [0.25, 0.3) is 0 Å². The summed E-state index contributed by atoms with van der Waals surface area (Å²) in [6.45, 7) is 3.99. The third-order valence-electron chi connectivity index (χ3n) is 5.19. The molecule has 2 heterocycles. The summed E-state index contributed by atoms with van der Waals surface area (Å²) in [7, 11) is 1.80. The van der Waals surface area contributed by atoms with Crippen molar-refractivity contribution in [1.82, 2.24) is 26.4 Å². The fraction of sp³-hybridized carbons (Fsp3) is 0.409. The molecular formula is C22H30FN5O2. The van der Waals surface area contributed by atoms with Gasteiger partial charge in [0.25, 0.3) is 5.91 Å². The van der Waals surface area contributed by atoms with Crippen LogP contribution in [0.1, 0.15) is 22.8 Å². The van der Waals surface area contributed by atoms with E-state index in [1.807, 2.05) is 31.2 Å². The normalized spacial score (nSPS) is 19.2. The molecule has 0 radical (unpaired) electrons. The van der Waals surface area contributed by atoms with Crippen LogP contribution in [0.2, 0.25) is 0 Å². The number of likely N-dealkylation sites (N-methyl/N-ethyl adjacent to an activating group) is 1. The first kappa shape index (κ1) is 22.0. The largest absolute Gasteiger partial charge is 0.387 e. The van der Waals surface area contributed by atoms with E-state index in [2.05, 4.69) is 27.6 Å². The molecule has 3 rings (SSSR count). The molecule has 5 N–H and O–H groups in total. The van der Waals surface area contributed by atoms with Gasteiger partial charge in [0, 0.05) is 37.9 Å². The van der Waals surface area contributed by atoms with Crippen molar-refractivity contribution in [3.05, 3.63) is 70.8 Å². The third-order valence-corrected chi connectivity index (χ3v) is 5.19. The fourth-order valence-corrected chi connectivity index (χ4v) is 3.42.